The molecule has 0 saturated heterocycles. The van der Waals surface area contributed by atoms with Gasteiger partial charge in [0.2, 0.25) is 0 Å². The van der Waals surface area contributed by atoms with Crippen molar-refractivity contribution in [3.8, 4) is 12.8 Å². The third-order valence-electron chi connectivity index (χ3n) is 5.05. The van der Waals surface area contributed by atoms with Gasteiger partial charge >= 0.3 is 5.97 Å². The van der Waals surface area contributed by atoms with Crippen LogP contribution in [0.2, 0.25) is 0 Å². The van der Waals surface area contributed by atoms with Crippen LogP contribution in [0.25, 0.3) is 0 Å². The summed E-state index contributed by atoms with van der Waals surface area (Å²) in [6.45, 7) is 8.42. The number of allylic oxidation sites excluding steroid dienone is 4. The number of aromatic carboxylic acids is 1. The van der Waals surface area contributed by atoms with Gasteiger partial charge in [-0.3, -0.25) is 0 Å². The Morgan fingerprint density at radius 3 is 2.50 bits per heavy atom. The van der Waals surface area contributed by atoms with E-state index in [-0.39, 0.29) is 6.10 Å². The van der Waals surface area contributed by atoms with Crippen LogP contribution < -0.4 is 0 Å². The van der Waals surface area contributed by atoms with Crippen LogP contribution in [0.4, 0.5) is 0 Å². The molecule has 0 aliphatic heterocycles. The van der Waals surface area contributed by atoms with Crippen LogP contribution in [-0.4, -0.2) is 22.3 Å². The van der Waals surface area contributed by atoms with E-state index in [0.29, 0.717) is 4.88 Å². The standard InChI is InChI=1S/C16H28O.C8H10O2S.C2H2/c1-13(2)16-11-10-15(12-16)9-7-5-4-6-8-14(3)17;1-2-3-6-4-5-7(11-6)8(9)10;1-2/h7,9,14-15,17H,4-6,8,10-12H2,1-3H3;4-5H,2-3H2,1H3,(H,9,10);1-2H/b9-7+;;/t14-,15+;;/m1../s1. The van der Waals surface area contributed by atoms with Gasteiger partial charge in [0.25, 0.3) is 0 Å². The van der Waals surface area contributed by atoms with E-state index in [1.54, 1.807) is 11.6 Å². The molecule has 0 radical (unpaired) electrons. The summed E-state index contributed by atoms with van der Waals surface area (Å²) in [5.41, 5.74) is 3.20. The molecule has 2 N–H and O–H groups in total. The zero-order chi connectivity index (χ0) is 22.9. The number of terminal acetylenes is 1. The van der Waals surface area contributed by atoms with Gasteiger partial charge in [-0.1, -0.05) is 43.1 Å². The molecule has 168 valence electrons. The molecule has 1 saturated carbocycles. The predicted molar refractivity (Wildman–Crippen MR) is 130 cm³/mol. The Morgan fingerprint density at radius 2 is 2.00 bits per heavy atom. The van der Waals surface area contributed by atoms with Crippen LogP contribution in [-0.2, 0) is 6.42 Å². The number of aliphatic hydroxyl groups is 1. The fourth-order valence-corrected chi connectivity index (χ4v) is 4.31. The first-order valence-corrected chi connectivity index (χ1v) is 11.8. The third-order valence-corrected chi connectivity index (χ3v) is 6.19. The monoisotopic (exact) mass is 432 g/mol. The molecule has 1 fully saturated rings. The number of aryl methyl sites for hydroxylation is 1. The number of hydrogen-bond acceptors (Lipinski definition) is 3. The molecule has 30 heavy (non-hydrogen) atoms. The average Bonchev–Trinajstić information content (AvgIpc) is 3.37. The van der Waals surface area contributed by atoms with Gasteiger partial charge in [-0.25, -0.2) is 4.79 Å². The molecule has 1 heterocycles. The van der Waals surface area contributed by atoms with E-state index in [9.17, 15) is 4.79 Å². The van der Waals surface area contributed by atoms with Crippen molar-refractivity contribution in [3.05, 3.63) is 45.2 Å². The van der Waals surface area contributed by atoms with Crippen molar-refractivity contribution in [2.24, 2.45) is 5.92 Å². The van der Waals surface area contributed by atoms with Crippen LogP contribution >= 0.6 is 11.3 Å². The minimum absolute atomic E-state index is 0.131. The largest absolute Gasteiger partial charge is 0.477 e. The van der Waals surface area contributed by atoms with E-state index >= 15 is 0 Å². The minimum Gasteiger partial charge on any atom is -0.477 e. The second-order valence-corrected chi connectivity index (χ2v) is 9.16. The van der Waals surface area contributed by atoms with E-state index < -0.39 is 5.97 Å². The lowest BCUT2D eigenvalue weighted by Crippen LogP contribution is -1.97. The maximum Gasteiger partial charge on any atom is 0.345 e. The zero-order valence-corrected chi connectivity index (χ0v) is 20.0. The summed E-state index contributed by atoms with van der Waals surface area (Å²) in [4.78, 5) is 12.0. The highest BCUT2D eigenvalue weighted by molar-refractivity contribution is 7.13. The minimum atomic E-state index is -0.822. The van der Waals surface area contributed by atoms with Crippen molar-refractivity contribution in [3.63, 3.8) is 0 Å². The molecule has 1 aromatic heterocycles. The topological polar surface area (TPSA) is 57.5 Å². The number of carboxylic acid groups (broad SMARTS) is 1. The molecule has 1 aromatic rings. The zero-order valence-electron chi connectivity index (χ0n) is 19.2. The molecule has 0 amide bonds. The van der Waals surface area contributed by atoms with Gasteiger partial charge in [0.15, 0.2) is 0 Å². The molecule has 4 heteroatoms. The highest BCUT2D eigenvalue weighted by Crippen LogP contribution is 2.33. The average molecular weight is 433 g/mol. The number of unbranched alkanes of at least 4 members (excludes halogenated alkanes) is 2. The molecule has 0 unspecified atom stereocenters. The van der Waals surface area contributed by atoms with Crippen LogP contribution in [0.3, 0.4) is 0 Å². The summed E-state index contributed by atoms with van der Waals surface area (Å²) >= 11 is 1.37. The quantitative estimate of drug-likeness (QED) is 0.245. The Hall–Kier alpha value is -1.83. The Balaban J connectivity index is 0.000000557. The summed E-state index contributed by atoms with van der Waals surface area (Å²) in [6.07, 6.45) is 23.1. The van der Waals surface area contributed by atoms with E-state index in [1.807, 2.05) is 13.0 Å². The van der Waals surface area contributed by atoms with Crippen molar-refractivity contribution in [2.75, 3.05) is 0 Å². The summed E-state index contributed by atoms with van der Waals surface area (Å²) in [6, 6.07) is 3.55. The van der Waals surface area contributed by atoms with Crippen molar-refractivity contribution in [1.82, 2.24) is 0 Å². The first-order valence-electron chi connectivity index (χ1n) is 11.0. The lowest BCUT2D eigenvalue weighted by Gasteiger charge is -2.03. The Morgan fingerprint density at radius 1 is 1.30 bits per heavy atom. The van der Waals surface area contributed by atoms with E-state index in [1.165, 1.54) is 49.0 Å². The smallest absolute Gasteiger partial charge is 0.345 e. The fraction of sp³-hybridized carbons (Fsp3) is 0.577. The maximum absolute atomic E-state index is 10.4. The number of carbonyl (C=O) groups is 1. The molecule has 3 nitrogen and oxygen atoms in total. The summed E-state index contributed by atoms with van der Waals surface area (Å²) in [5.74, 6) is -0.0333. The molecule has 2 atom stereocenters. The highest BCUT2D eigenvalue weighted by Gasteiger charge is 2.17. The number of carboxylic acids is 1. The molecule has 0 spiro atoms. The second-order valence-electron chi connectivity index (χ2n) is 7.99. The SMILES string of the molecule is C#C.CC(C)=C1CC[C@H](/C=C/CCCC[C@@H](C)O)C1.CCCc1ccc(C(=O)O)s1. The normalized spacial score (nSPS) is 16.4. The van der Waals surface area contributed by atoms with E-state index in [2.05, 4.69) is 45.8 Å². The number of rotatable bonds is 9. The van der Waals surface area contributed by atoms with Gasteiger partial charge in [-0.2, -0.15) is 0 Å². The third kappa shape index (κ3) is 12.7. The molecule has 1 aliphatic carbocycles. The van der Waals surface area contributed by atoms with E-state index in [0.717, 1.165) is 36.5 Å². The molecule has 1 aliphatic rings. The molecular weight excluding hydrogens is 392 g/mol. The first kappa shape index (κ1) is 28.2. The predicted octanol–water partition coefficient (Wildman–Crippen LogP) is 7.27. The van der Waals surface area contributed by atoms with Gasteiger partial charge in [0.05, 0.1) is 6.10 Å². The van der Waals surface area contributed by atoms with Crippen molar-refractivity contribution < 1.29 is 15.0 Å². The lowest BCUT2D eigenvalue weighted by atomic mass is 10.0. The summed E-state index contributed by atoms with van der Waals surface area (Å²) < 4.78 is 0. The Bertz CT molecular complexity index is 675. The van der Waals surface area contributed by atoms with Gasteiger partial charge in [-0.15, -0.1) is 24.2 Å². The fourth-order valence-electron chi connectivity index (χ4n) is 3.36. The summed E-state index contributed by atoms with van der Waals surface area (Å²) in [7, 11) is 0. The van der Waals surface area contributed by atoms with Crippen LogP contribution in [0.15, 0.2) is 35.4 Å². The van der Waals surface area contributed by atoms with Gasteiger partial charge < -0.3 is 10.2 Å². The number of hydrogen-bond donors (Lipinski definition) is 2. The summed E-state index contributed by atoms with van der Waals surface area (Å²) in [5, 5.41) is 17.7. The van der Waals surface area contributed by atoms with Gasteiger partial charge in [0.1, 0.15) is 4.88 Å². The van der Waals surface area contributed by atoms with Crippen molar-refractivity contribution in [2.45, 2.75) is 91.6 Å². The van der Waals surface area contributed by atoms with Crippen molar-refractivity contribution in [1.29, 1.82) is 0 Å². The van der Waals surface area contributed by atoms with Crippen LogP contribution in [0.5, 0.6) is 0 Å². The Labute approximate surface area is 187 Å². The lowest BCUT2D eigenvalue weighted by molar-refractivity contribution is 0.0702. The molecule has 0 aromatic carbocycles. The first-order chi connectivity index (χ1) is 14.3. The van der Waals surface area contributed by atoms with Gasteiger partial charge in [0, 0.05) is 4.88 Å². The molecule has 0 bridgehead atoms. The number of aliphatic hydroxyl groups excluding tert-OH is 1. The Kier molecular flexibility index (Phi) is 15.9. The molecular formula is C26H40O3S. The number of thiophene rings is 1. The van der Waals surface area contributed by atoms with Crippen LogP contribution in [0.1, 0.15) is 93.6 Å². The molecule has 2 rings (SSSR count). The second kappa shape index (κ2) is 16.9. The maximum atomic E-state index is 10.4. The van der Waals surface area contributed by atoms with E-state index in [4.69, 9.17) is 10.2 Å². The highest BCUT2D eigenvalue weighted by atomic mass is 32.1. The van der Waals surface area contributed by atoms with Gasteiger partial charge in [-0.05, 0) is 83.8 Å². The van der Waals surface area contributed by atoms with Crippen molar-refractivity contribution >= 4 is 17.3 Å². The van der Waals surface area contributed by atoms with Crippen LogP contribution in [0, 0.1) is 18.8 Å².